The van der Waals surface area contributed by atoms with Crippen molar-refractivity contribution in [2.45, 2.75) is 13.8 Å². The maximum atomic E-state index is 6.88. The summed E-state index contributed by atoms with van der Waals surface area (Å²) in [5, 5.41) is 6.88. The molecule has 9 heavy (non-hydrogen) atoms. The monoisotopic (exact) mass is 124 g/mol. The number of hydrogen-bond acceptors (Lipinski definition) is 2. The van der Waals surface area contributed by atoms with E-state index in [-0.39, 0.29) is 0 Å². The molecular weight excluding hydrogens is 112 g/mol. The van der Waals surface area contributed by atoms with Crippen molar-refractivity contribution >= 4 is 6.21 Å². The van der Waals surface area contributed by atoms with Gasteiger partial charge in [0.15, 0.2) is 0 Å². The summed E-state index contributed by atoms with van der Waals surface area (Å²) < 4.78 is 0. The fourth-order valence-corrected chi connectivity index (χ4v) is 0.500. The first-order valence-electron chi connectivity index (χ1n) is 2.85. The number of nitrogens with two attached hydrogens (primary N) is 1. The molecule has 0 aliphatic rings. The van der Waals surface area contributed by atoms with Crippen LogP contribution in [0.3, 0.4) is 0 Å². The van der Waals surface area contributed by atoms with Gasteiger partial charge in [0.1, 0.15) is 0 Å². The molecule has 0 saturated carbocycles. The van der Waals surface area contributed by atoms with Crippen LogP contribution in [0.5, 0.6) is 0 Å². The number of nitrogens with one attached hydrogen (secondary N) is 1. The number of rotatable bonds is 2. The van der Waals surface area contributed by atoms with Crippen LogP contribution in [-0.4, -0.2) is 6.21 Å². The fourth-order valence-electron chi connectivity index (χ4n) is 0.500. The summed E-state index contributed by atoms with van der Waals surface area (Å²) in [4.78, 5) is 0. The standard InChI is InChI=1S/C7H12N2/c1-3-6(5-8)7(9)4-2/h3-5,8H,9H2,1-2H3/b6-3-,7-4+,8-5?. The Kier molecular flexibility index (Phi) is 3.44. The van der Waals surface area contributed by atoms with E-state index in [0.717, 1.165) is 5.57 Å². The van der Waals surface area contributed by atoms with Crippen molar-refractivity contribution in [2.24, 2.45) is 5.73 Å². The van der Waals surface area contributed by atoms with Gasteiger partial charge >= 0.3 is 0 Å². The van der Waals surface area contributed by atoms with E-state index in [1.54, 1.807) is 6.08 Å². The zero-order valence-electron chi connectivity index (χ0n) is 5.81. The molecule has 0 heterocycles. The molecule has 0 atom stereocenters. The van der Waals surface area contributed by atoms with Gasteiger partial charge in [0.25, 0.3) is 0 Å². The summed E-state index contributed by atoms with van der Waals surface area (Å²) in [7, 11) is 0. The molecule has 3 N–H and O–H groups in total. The summed E-state index contributed by atoms with van der Waals surface area (Å²) in [6.07, 6.45) is 4.83. The van der Waals surface area contributed by atoms with Gasteiger partial charge in [-0.1, -0.05) is 12.2 Å². The lowest BCUT2D eigenvalue weighted by atomic mass is 10.2. The van der Waals surface area contributed by atoms with Crippen molar-refractivity contribution in [3.05, 3.63) is 23.4 Å². The van der Waals surface area contributed by atoms with Crippen LogP contribution in [0, 0.1) is 5.41 Å². The Morgan fingerprint density at radius 3 is 2.00 bits per heavy atom. The van der Waals surface area contributed by atoms with Crippen LogP contribution in [-0.2, 0) is 0 Å². The van der Waals surface area contributed by atoms with Crippen LogP contribution in [0.4, 0.5) is 0 Å². The van der Waals surface area contributed by atoms with Crippen molar-refractivity contribution in [1.29, 1.82) is 5.41 Å². The van der Waals surface area contributed by atoms with Crippen molar-refractivity contribution in [2.75, 3.05) is 0 Å². The lowest BCUT2D eigenvalue weighted by molar-refractivity contribution is 1.34. The van der Waals surface area contributed by atoms with Gasteiger partial charge < -0.3 is 11.1 Å². The zero-order chi connectivity index (χ0) is 7.28. The maximum absolute atomic E-state index is 6.88. The molecule has 0 saturated heterocycles. The van der Waals surface area contributed by atoms with Crippen LogP contribution < -0.4 is 5.73 Å². The highest BCUT2D eigenvalue weighted by atomic mass is 14.6. The van der Waals surface area contributed by atoms with Gasteiger partial charge in [0.05, 0.1) is 0 Å². The minimum atomic E-state index is 0.660. The fraction of sp³-hybridized carbons (Fsp3) is 0.286. The molecule has 2 heteroatoms. The van der Waals surface area contributed by atoms with E-state index in [1.807, 2.05) is 19.9 Å². The lowest BCUT2D eigenvalue weighted by Gasteiger charge is -1.96. The molecule has 0 aliphatic heterocycles. The molecule has 0 amide bonds. The topological polar surface area (TPSA) is 49.9 Å². The van der Waals surface area contributed by atoms with E-state index in [1.165, 1.54) is 6.21 Å². The Labute approximate surface area is 55.6 Å². The molecule has 50 valence electrons. The second-order valence-corrected chi connectivity index (χ2v) is 1.63. The van der Waals surface area contributed by atoms with E-state index in [9.17, 15) is 0 Å². The smallest absolute Gasteiger partial charge is 0.0356 e. The quantitative estimate of drug-likeness (QED) is 0.424. The molecular formula is C7H12N2. The highest BCUT2D eigenvalue weighted by Crippen LogP contribution is 1.98. The van der Waals surface area contributed by atoms with Crippen molar-refractivity contribution in [3.8, 4) is 0 Å². The molecule has 2 nitrogen and oxygen atoms in total. The normalized spacial score (nSPS) is 13.6. The average Bonchev–Trinajstić information content (AvgIpc) is 1.90. The van der Waals surface area contributed by atoms with E-state index in [2.05, 4.69) is 0 Å². The Balaban J connectivity index is 4.32. The predicted octanol–water partition coefficient (Wildman–Crippen LogP) is 1.44. The van der Waals surface area contributed by atoms with E-state index < -0.39 is 0 Å². The molecule has 0 unspecified atom stereocenters. The predicted molar refractivity (Wildman–Crippen MR) is 40.5 cm³/mol. The third-order valence-corrected chi connectivity index (χ3v) is 1.11. The minimum absolute atomic E-state index is 0.660. The number of hydrogen-bond donors (Lipinski definition) is 2. The van der Waals surface area contributed by atoms with Crippen LogP contribution >= 0.6 is 0 Å². The van der Waals surface area contributed by atoms with E-state index >= 15 is 0 Å². The molecule has 0 rings (SSSR count). The summed E-state index contributed by atoms with van der Waals surface area (Å²) in [5.41, 5.74) is 6.92. The third-order valence-electron chi connectivity index (χ3n) is 1.11. The van der Waals surface area contributed by atoms with Crippen molar-refractivity contribution in [3.63, 3.8) is 0 Å². The molecule has 0 aliphatic carbocycles. The molecule has 0 bridgehead atoms. The van der Waals surface area contributed by atoms with E-state index in [4.69, 9.17) is 11.1 Å². The molecule has 0 aromatic carbocycles. The van der Waals surface area contributed by atoms with Crippen molar-refractivity contribution < 1.29 is 0 Å². The van der Waals surface area contributed by atoms with Gasteiger partial charge in [-0.05, 0) is 13.8 Å². The van der Waals surface area contributed by atoms with Gasteiger partial charge in [0.2, 0.25) is 0 Å². The Morgan fingerprint density at radius 2 is 1.89 bits per heavy atom. The van der Waals surface area contributed by atoms with Crippen molar-refractivity contribution in [1.82, 2.24) is 0 Å². The summed E-state index contributed by atoms with van der Waals surface area (Å²) in [6.45, 7) is 3.71. The zero-order valence-corrected chi connectivity index (χ0v) is 5.81. The third kappa shape index (κ3) is 2.13. The van der Waals surface area contributed by atoms with Gasteiger partial charge in [-0.15, -0.1) is 0 Å². The van der Waals surface area contributed by atoms with Crippen LogP contribution in [0.15, 0.2) is 23.4 Å². The summed E-state index contributed by atoms with van der Waals surface area (Å²) >= 11 is 0. The minimum Gasteiger partial charge on any atom is -0.398 e. The average molecular weight is 124 g/mol. The molecule has 0 aromatic heterocycles. The Hall–Kier alpha value is -1.05. The van der Waals surface area contributed by atoms with Crippen LogP contribution in [0.25, 0.3) is 0 Å². The summed E-state index contributed by atoms with van der Waals surface area (Å²) in [5.74, 6) is 0. The summed E-state index contributed by atoms with van der Waals surface area (Å²) in [6, 6.07) is 0. The first-order valence-corrected chi connectivity index (χ1v) is 2.85. The Bertz CT molecular complexity index is 154. The van der Waals surface area contributed by atoms with Gasteiger partial charge in [-0.2, -0.15) is 0 Å². The molecule has 0 aromatic rings. The first-order chi connectivity index (χ1) is 4.26. The Morgan fingerprint density at radius 1 is 1.33 bits per heavy atom. The van der Waals surface area contributed by atoms with Gasteiger partial charge in [-0.25, -0.2) is 0 Å². The highest BCUT2D eigenvalue weighted by Gasteiger charge is 1.90. The van der Waals surface area contributed by atoms with Crippen LogP contribution in [0.2, 0.25) is 0 Å². The lowest BCUT2D eigenvalue weighted by Crippen LogP contribution is -2.00. The molecule has 0 spiro atoms. The maximum Gasteiger partial charge on any atom is 0.0356 e. The molecule has 0 radical (unpaired) electrons. The van der Waals surface area contributed by atoms with Crippen LogP contribution in [0.1, 0.15) is 13.8 Å². The number of allylic oxidation sites excluding steroid dienone is 3. The highest BCUT2D eigenvalue weighted by molar-refractivity contribution is 5.81. The van der Waals surface area contributed by atoms with E-state index in [0.29, 0.717) is 5.70 Å². The van der Waals surface area contributed by atoms with Gasteiger partial charge in [0, 0.05) is 17.5 Å². The van der Waals surface area contributed by atoms with Gasteiger partial charge in [-0.3, -0.25) is 0 Å². The second-order valence-electron chi connectivity index (χ2n) is 1.63. The second kappa shape index (κ2) is 3.89. The molecule has 0 fully saturated rings. The SMILES string of the molecule is C/C=C(N)\C(C=N)=C/C. The first kappa shape index (κ1) is 7.95. The largest absolute Gasteiger partial charge is 0.398 e.